The van der Waals surface area contributed by atoms with Crippen molar-refractivity contribution in [3.05, 3.63) is 35.9 Å². The topological polar surface area (TPSA) is 18.5 Å². The maximum atomic E-state index is 5.53. The van der Waals surface area contributed by atoms with Gasteiger partial charge in [0.05, 0.1) is 18.0 Å². The lowest BCUT2D eigenvalue weighted by molar-refractivity contribution is -0.177. The molecule has 14 heavy (non-hydrogen) atoms. The fourth-order valence-electron chi connectivity index (χ4n) is 1.47. The molecule has 0 N–H and O–H groups in total. The van der Waals surface area contributed by atoms with Crippen LogP contribution in [0.1, 0.15) is 16.8 Å². The van der Waals surface area contributed by atoms with Gasteiger partial charge in [-0.3, -0.25) is 0 Å². The average molecular weight is 257 g/mol. The molecule has 1 aliphatic heterocycles. The van der Waals surface area contributed by atoms with Crippen molar-refractivity contribution in [3.63, 3.8) is 0 Å². The summed E-state index contributed by atoms with van der Waals surface area (Å²) < 4.78 is 11.1. The molecule has 0 bridgehead atoms. The molecule has 2 nitrogen and oxygen atoms in total. The first-order chi connectivity index (χ1) is 6.88. The summed E-state index contributed by atoms with van der Waals surface area (Å²) in [7, 11) is 0. The van der Waals surface area contributed by atoms with Crippen LogP contribution in [-0.4, -0.2) is 19.5 Å². The summed E-state index contributed by atoms with van der Waals surface area (Å²) in [6.07, 6.45) is 0.844. The van der Waals surface area contributed by atoms with Crippen molar-refractivity contribution in [1.82, 2.24) is 0 Å². The van der Waals surface area contributed by atoms with E-state index in [-0.39, 0.29) is 11.1 Å². The lowest BCUT2D eigenvalue weighted by atomic mass is 10.1. The fraction of sp³-hybridized carbons (Fsp3) is 0.455. The maximum absolute atomic E-state index is 5.53. The van der Waals surface area contributed by atoms with Crippen LogP contribution in [0.4, 0.5) is 0 Å². The molecule has 1 aliphatic rings. The molecule has 1 fully saturated rings. The first-order valence-corrected chi connectivity index (χ1v) is 5.72. The number of alkyl halides is 1. The molecule has 1 aromatic rings. The second-order valence-electron chi connectivity index (χ2n) is 3.28. The number of hydrogen-bond donors (Lipinski definition) is 0. The Balaban J connectivity index is 2.03. The highest BCUT2D eigenvalue weighted by atomic mass is 79.9. The third kappa shape index (κ3) is 2.35. The molecular weight excluding hydrogens is 244 g/mol. The minimum Gasteiger partial charge on any atom is -0.351 e. The van der Waals surface area contributed by atoms with Crippen LogP contribution in [0.3, 0.4) is 0 Å². The van der Waals surface area contributed by atoms with Gasteiger partial charge in [0.15, 0.2) is 6.29 Å². The molecule has 0 spiro atoms. The zero-order valence-electron chi connectivity index (χ0n) is 7.86. The van der Waals surface area contributed by atoms with Crippen LogP contribution in [-0.2, 0) is 9.47 Å². The molecule has 1 atom stereocenters. The van der Waals surface area contributed by atoms with E-state index >= 15 is 0 Å². The zero-order chi connectivity index (χ0) is 9.80. The molecule has 1 unspecified atom stereocenters. The Bertz CT molecular complexity index is 270. The van der Waals surface area contributed by atoms with Crippen molar-refractivity contribution in [3.8, 4) is 0 Å². The van der Waals surface area contributed by atoms with E-state index in [2.05, 4.69) is 28.1 Å². The predicted octanol–water partition coefficient (Wildman–Crippen LogP) is 2.89. The first kappa shape index (κ1) is 10.1. The number of halogens is 1. The fourth-order valence-corrected chi connectivity index (χ4v) is 2.08. The molecule has 0 amide bonds. The molecule has 76 valence electrons. The van der Waals surface area contributed by atoms with Crippen LogP contribution in [0.2, 0.25) is 0 Å². The van der Waals surface area contributed by atoms with E-state index < -0.39 is 0 Å². The molecule has 0 aliphatic carbocycles. The van der Waals surface area contributed by atoms with Gasteiger partial charge in [0.25, 0.3) is 0 Å². The Kier molecular flexibility index (Phi) is 3.56. The van der Waals surface area contributed by atoms with Crippen molar-refractivity contribution in [2.45, 2.75) is 17.5 Å². The highest BCUT2D eigenvalue weighted by molar-refractivity contribution is 9.09. The van der Waals surface area contributed by atoms with Crippen molar-refractivity contribution < 1.29 is 9.47 Å². The van der Waals surface area contributed by atoms with Crippen LogP contribution < -0.4 is 0 Å². The van der Waals surface area contributed by atoms with E-state index in [0.717, 1.165) is 19.6 Å². The van der Waals surface area contributed by atoms with E-state index in [4.69, 9.17) is 9.47 Å². The minimum absolute atomic E-state index is 0.129. The van der Waals surface area contributed by atoms with Gasteiger partial charge in [-0.1, -0.05) is 46.3 Å². The van der Waals surface area contributed by atoms with E-state index in [1.54, 1.807) is 0 Å². The highest BCUT2D eigenvalue weighted by Gasteiger charge is 2.24. The third-order valence-electron chi connectivity index (χ3n) is 2.21. The SMILES string of the molecule is BrC(c1ccccc1)C1OCCCO1. The van der Waals surface area contributed by atoms with Gasteiger partial charge < -0.3 is 9.47 Å². The monoisotopic (exact) mass is 256 g/mol. The Morgan fingerprint density at radius 1 is 1.14 bits per heavy atom. The third-order valence-corrected chi connectivity index (χ3v) is 3.17. The number of ether oxygens (including phenoxy) is 2. The predicted molar refractivity (Wildman–Crippen MR) is 58.4 cm³/mol. The molecule has 2 rings (SSSR count). The molecular formula is C11H13BrO2. The number of rotatable bonds is 2. The second kappa shape index (κ2) is 4.91. The van der Waals surface area contributed by atoms with Gasteiger partial charge in [-0.15, -0.1) is 0 Å². The number of benzene rings is 1. The van der Waals surface area contributed by atoms with Crippen LogP contribution >= 0.6 is 15.9 Å². The van der Waals surface area contributed by atoms with Gasteiger partial charge in [-0.05, 0) is 12.0 Å². The molecule has 3 heteroatoms. The second-order valence-corrected chi connectivity index (χ2v) is 4.26. The van der Waals surface area contributed by atoms with Crippen LogP contribution in [0, 0.1) is 0 Å². The minimum atomic E-state index is -0.147. The molecule has 0 aromatic heterocycles. The summed E-state index contributed by atoms with van der Waals surface area (Å²) in [5, 5.41) is 0. The molecule has 0 radical (unpaired) electrons. The largest absolute Gasteiger partial charge is 0.351 e. The van der Waals surface area contributed by atoms with Gasteiger partial charge >= 0.3 is 0 Å². The zero-order valence-corrected chi connectivity index (χ0v) is 9.44. The highest BCUT2D eigenvalue weighted by Crippen LogP contribution is 2.30. The normalized spacial score (nSPS) is 20.6. The van der Waals surface area contributed by atoms with Gasteiger partial charge in [0.1, 0.15) is 0 Å². The van der Waals surface area contributed by atoms with E-state index in [9.17, 15) is 0 Å². The number of hydrogen-bond acceptors (Lipinski definition) is 2. The van der Waals surface area contributed by atoms with Crippen molar-refractivity contribution >= 4 is 15.9 Å². The van der Waals surface area contributed by atoms with Crippen molar-refractivity contribution in [2.24, 2.45) is 0 Å². The first-order valence-electron chi connectivity index (χ1n) is 4.80. The van der Waals surface area contributed by atoms with Crippen LogP contribution in [0.5, 0.6) is 0 Å². The summed E-state index contributed by atoms with van der Waals surface area (Å²) in [4.78, 5) is 0.129. The summed E-state index contributed by atoms with van der Waals surface area (Å²) >= 11 is 3.60. The lowest BCUT2D eigenvalue weighted by Gasteiger charge is -2.27. The molecule has 0 saturated carbocycles. The average Bonchev–Trinajstić information content (AvgIpc) is 2.30. The summed E-state index contributed by atoms with van der Waals surface area (Å²) in [6.45, 7) is 1.58. The Morgan fingerprint density at radius 3 is 2.43 bits per heavy atom. The van der Waals surface area contributed by atoms with Crippen molar-refractivity contribution in [1.29, 1.82) is 0 Å². The summed E-state index contributed by atoms with van der Waals surface area (Å²) in [6, 6.07) is 10.2. The summed E-state index contributed by atoms with van der Waals surface area (Å²) in [5.41, 5.74) is 1.19. The maximum Gasteiger partial charge on any atom is 0.174 e. The van der Waals surface area contributed by atoms with E-state index in [0.29, 0.717) is 0 Å². The summed E-state index contributed by atoms with van der Waals surface area (Å²) in [5.74, 6) is 0. The standard InChI is InChI=1S/C11H13BrO2/c12-10(9-5-2-1-3-6-9)11-13-7-4-8-14-11/h1-3,5-6,10-11H,4,7-8H2. The van der Waals surface area contributed by atoms with Crippen LogP contribution in [0.25, 0.3) is 0 Å². The van der Waals surface area contributed by atoms with E-state index in [1.807, 2.05) is 18.2 Å². The van der Waals surface area contributed by atoms with Crippen LogP contribution in [0.15, 0.2) is 30.3 Å². The molecule has 1 heterocycles. The van der Waals surface area contributed by atoms with Gasteiger partial charge in [-0.2, -0.15) is 0 Å². The van der Waals surface area contributed by atoms with Gasteiger partial charge in [0, 0.05) is 0 Å². The Labute approximate surface area is 92.3 Å². The van der Waals surface area contributed by atoms with E-state index in [1.165, 1.54) is 5.56 Å². The quantitative estimate of drug-likeness (QED) is 0.758. The van der Waals surface area contributed by atoms with Crippen molar-refractivity contribution in [2.75, 3.05) is 13.2 Å². The smallest absolute Gasteiger partial charge is 0.174 e. The lowest BCUT2D eigenvalue weighted by Crippen LogP contribution is -2.28. The Morgan fingerprint density at radius 2 is 1.79 bits per heavy atom. The van der Waals surface area contributed by atoms with Gasteiger partial charge in [-0.25, -0.2) is 0 Å². The Hall–Kier alpha value is -0.380. The molecule has 1 aromatic carbocycles. The molecule has 1 saturated heterocycles. The van der Waals surface area contributed by atoms with Gasteiger partial charge in [0.2, 0.25) is 0 Å².